The lowest BCUT2D eigenvalue weighted by Crippen LogP contribution is -2.47. The second-order valence-electron chi connectivity index (χ2n) is 7.68. The number of hydrazone groups is 1. The zero-order valence-corrected chi connectivity index (χ0v) is 21.7. The van der Waals surface area contributed by atoms with Crippen molar-refractivity contribution in [3.63, 3.8) is 0 Å². The van der Waals surface area contributed by atoms with E-state index < -0.39 is 39.1 Å². The first kappa shape index (κ1) is 28.6. The van der Waals surface area contributed by atoms with Crippen molar-refractivity contribution in [2.24, 2.45) is 5.10 Å². The van der Waals surface area contributed by atoms with E-state index in [0.717, 1.165) is 23.8 Å². The summed E-state index contributed by atoms with van der Waals surface area (Å²) in [5.74, 6) is -0.935. The molecule has 196 valence electrons. The molecule has 0 bridgehead atoms. The molecule has 1 atom stereocenters. The van der Waals surface area contributed by atoms with Crippen molar-refractivity contribution < 1.29 is 19.4 Å². The highest BCUT2D eigenvalue weighted by atomic mass is 35.5. The number of hydrogen-bond donors (Lipinski definition) is 2. The normalized spacial score (nSPS) is 11.6. The number of halogens is 2. The van der Waals surface area contributed by atoms with Crippen LogP contribution in [0.15, 0.2) is 71.8 Å². The van der Waals surface area contributed by atoms with Gasteiger partial charge in [-0.25, -0.2) is 5.43 Å². The molecule has 1 unspecified atom stereocenters. The Morgan fingerprint density at radius 2 is 1.63 bits per heavy atom. The third-order valence-corrected chi connectivity index (χ3v) is 6.61. The molecule has 0 saturated heterocycles. The molecule has 14 heteroatoms. The summed E-state index contributed by atoms with van der Waals surface area (Å²) in [5, 5.41) is 29.5. The Morgan fingerprint density at radius 3 is 2.24 bits per heavy atom. The molecule has 11 nitrogen and oxygen atoms in total. The van der Waals surface area contributed by atoms with Gasteiger partial charge >= 0.3 is 0 Å². The summed E-state index contributed by atoms with van der Waals surface area (Å²) in [4.78, 5) is 46.5. The van der Waals surface area contributed by atoms with Crippen LogP contribution < -0.4 is 10.7 Å². The maximum absolute atomic E-state index is 12.9. The van der Waals surface area contributed by atoms with Crippen molar-refractivity contribution in [2.75, 3.05) is 5.75 Å². The van der Waals surface area contributed by atoms with E-state index >= 15 is 0 Å². The lowest BCUT2D eigenvalue weighted by atomic mass is 10.1. The quantitative estimate of drug-likeness (QED) is 0.185. The molecule has 2 amide bonds. The van der Waals surface area contributed by atoms with Crippen LogP contribution in [0, 0.1) is 20.2 Å². The average Bonchev–Trinajstić information content (AvgIpc) is 2.89. The van der Waals surface area contributed by atoms with Crippen LogP contribution in [0.4, 0.5) is 11.4 Å². The molecule has 3 rings (SSSR count). The van der Waals surface area contributed by atoms with E-state index in [1.807, 2.05) is 30.3 Å². The number of hydrogen-bond acceptors (Lipinski definition) is 8. The van der Waals surface area contributed by atoms with E-state index in [2.05, 4.69) is 15.8 Å². The Balaban J connectivity index is 1.77. The first-order chi connectivity index (χ1) is 18.1. The minimum atomic E-state index is -1.13. The van der Waals surface area contributed by atoms with Gasteiger partial charge in [0.25, 0.3) is 23.2 Å². The van der Waals surface area contributed by atoms with Gasteiger partial charge in [-0.2, -0.15) is 16.9 Å². The standard InChI is InChI=1S/C24H19Cl2N5O6S/c25-18-7-6-16(21(26)10-18)12-27-29-24(33)22(14-38-13-15-4-2-1-3-5-15)28-23(32)17-8-19(30(34)35)11-20(9-17)31(36)37/h1-12,22H,13-14H2,(H,28,32)(H,29,33)/b27-12+. The summed E-state index contributed by atoms with van der Waals surface area (Å²) in [6, 6.07) is 15.5. The molecule has 0 aliphatic rings. The number of nitrogens with zero attached hydrogens (tertiary/aromatic N) is 3. The minimum absolute atomic E-state index is 0.112. The maximum atomic E-state index is 12.9. The van der Waals surface area contributed by atoms with Crippen molar-refractivity contribution in [3.8, 4) is 0 Å². The predicted molar refractivity (Wildman–Crippen MR) is 146 cm³/mol. The fourth-order valence-corrected chi connectivity index (χ4v) is 4.55. The zero-order chi connectivity index (χ0) is 27.7. The second-order valence-corrected chi connectivity index (χ2v) is 9.55. The highest BCUT2D eigenvalue weighted by Gasteiger charge is 2.25. The smallest absolute Gasteiger partial charge is 0.277 e. The Morgan fingerprint density at radius 1 is 0.974 bits per heavy atom. The average molecular weight is 576 g/mol. The van der Waals surface area contributed by atoms with E-state index in [-0.39, 0.29) is 11.3 Å². The van der Waals surface area contributed by atoms with Gasteiger partial charge in [0.05, 0.1) is 32.7 Å². The van der Waals surface area contributed by atoms with Gasteiger partial charge in [-0.3, -0.25) is 29.8 Å². The van der Waals surface area contributed by atoms with Gasteiger partial charge < -0.3 is 5.32 Å². The second kappa shape index (κ2) is 13.5. The monoisotopic (exact) mass is 575 g/mol. The molecular formula is C24H19Cl2N5O6S. The number of non-ortho nitro benzene ring substituents is 2. The first-order valence-electron chi connectivity index (χ1n) is 10.8. The molecule has 0 fully saturated rings. The topological polar surface area (TPSA) is 157 Å². The number of thioether (sulfide) groups is 1. The number of nitro groups is 2. The zero-order valence-electron chi connectivity index (χ0n) is 19.4. The van der Waals surface area contributed by atoms with Crippen LogP contribution in [-0.2, 0) is 10.5 Å². The highest BCUT2D eigenvalue weighted by molar-refractivity contribution is 7.98. The van der Waals surface area contributed by atoms with Crippen LogP contribution in [0.25, 0.3) is 0 Å². The maximum Gasteiger partial charge on any atom is 0.277 e. The molecule has 0 radical (unpaired) electrons. The van der Waals surface area contributed by atoms with Gasteiger partial charge in [0.15, 0.2) is 0 Å². The van der Waals surface area contributed by atoms with Crippen molar-refractivity contribution in [1.29, 1.82) is 0 Å². The Hall–Kier alpha value is -4.00. The number of amides is 2. The molecule has 0 aliphatic carbocycles. The highest BCUT2D eigenvalue weighted by Crippen LogP contribution is 2.23. The van der Waals surface area contributed by atoms with E-state index in [4.69, 9.17) is 23.2 Å². The van der Waals surface area contributed by atoms with E-state index in [1.165, 1.54) is 24.0 Å². The van der Waals surface area contributed by atoms with Gasteiger partial charge in [0.2, 0.25) is 0 Å². The third-order valence-electron chi connectivity index (χ3n) is 4.95. The van der Waals surface area contributed by atoms with Gasteiger partial charge in [-0.15, -0.1) is 0 Å². The molecule has 0 aromatic heterocycles. The van der Waals surface area contributed by atoms with Crippen LogP contribution >= 0.6 is 35.0 Å². The Kier molecular flexibility index (Phi) is 10.2. The largest absolute Gasteiger partial charge is 0.339 e. The SMILES string of the molecule is O=C(NC(CSCc1ccccc1)C(=O)N/N=C/c1ccc(Cl)cc1Cl)c1cc([N+](=O)[O-])cc([N+](=O)[O-])c1. The first-order valence-corrected chi connectivity index (χ1v) is 12.7. The van der Waals surface area contributed by atoms with Crippen molar-refractivity contribution >= 4 is 64.4 Å². The molecule has 0 heterocycles. The lowest BCUT2D eigenvalue weighted by Gasteiger charge is -2.17. The van der Waals surface area contributed by atoms with Crippen LogP contribution in [-0.4, -0.2) is 39.7 Å². The summed E-state index contributed by atoms with van der Waals surface area (Å²) < 4.78 is 0. The van der Waals surface area contributed by atoms with Crippen LogP contribution in [0.5, 0.6) is 0 Å². The number of rotatable bonds is 11. The molecule has 3 aromatic rings. The fourth-order valence-electron chi connectivity index (χ4n) is 3.08. The number of carbonyl (C=O) groups excluding carboxylic acids is 2. The molecular weight excluding hydrogens is 557 g/mol. The van der Waals surface area contributed by atoms with E-state index in [9.17, 15) is 29.8 Å². The van der Waals surface area contributed by atoms with Gasteiger partial charge in [-0.1, -0.05) is 59.6 Å². The van der Waals surface area contributed by atoms with Crippen LogP contribution in [0.3, 0.4) is 0 Å². The summed E-state index contributed by atoms with van der Waals surface area (Å²) in [6.45, 7) is 0. The van der Waals surface area contributed by atoms with E-state index in [1.54, 1.807) is 12.1 Å². The number of benzene rings is 3. The van der Waals surface area contributed by atoms with Gasteiger partial charge in [0, 0.05) is 34.2 Å². The molecule has 0 aliphatic heterocycles. The molecule has 38 heavy (non-hydrogen) atoms. The van der Waals surface area contributed by atoms with Crippen molar-refractivity contribution in [1.82, 2.24) is 10.7 Å². The molecule has 3 aromatic carbocycles. The van der Waals surface area contributed by atoms with Gasteiger partial charge in [-0.05, 0) is 17.7 Å². The summed E-state index contributed by atoms with van der Waals surface area (Å²) in [6.07, 6.45) is 1.30. The summed E-state index contributed by atoms with van der Waals surface area (Å²) >= 11 is 13.3. The number of nitro benzene ring substituents is 2. The Labute approximate surface area is 230 Å². The molecule has 0 spiro atoms. The van der Waals surface area contributed by atoms with Gasteiger partial charge in [0.1, 0.15) is 6.04 Å². The lowest BCUT2D eigenvalue weighted by molar-refractivity contribution is -0.394. The number of carbonyl (C=O) groups is 2. The Bertz CT molecular complexity index is 1360. The fraction of sp³-hybridized carbons (Fsp3) is 0.125. The predicted octanol–water partition coefficient (Wildman–Crippen LogP) is 4.99. The van der Waals surface area contributed by atoms with E-state index in [0.29, 0.717) is 21.4 Å². The van der Waals surface area contributed by atoms with Crippen LogP contribution in [0.2, 0.25) is 10.0 Å². The third kappa shape index (κ3) is 8.26. The summed E-state index contributed by atoms with van der Waals surface area (Å²) in [7, 11) is 0. The van der Waals surface area contributed by atoms with Crippen molar-refractivity contribution in [3.05, 3.63) is 114 Å². The van der Waals surface area contributed by atoms with Crippen molar-refractivity contribution in [2.45, 2.75) is 11.8 Å². The minimum Gasteiger partial charge on any atom is -0.339 e. The summed E-state index contributed by atoms with van der Waals surface area (Å²) in [5.41, 5.74) is 2.21. The molecule has 2 N–H and O–H groups in total. The molecule has 0 saturated carbocycles. The van der Waals surface area contributed by atoms with Crippen LogP contribution in [0.1, 0.15) is 21.5 Å². The number of nitrogens with one attached hydrogen (secondary N) is 2.